The Kier molecular flexibility index (Phi) is 7.45. The third kappa shape index (κ3) is 7.62. The van der Waals surface area contributed by atoms with Crippen LogP contribution in [0.4, 0.5) is 0 Å². The molecule has 0 aliphatic rings. The van der Waals surface area contributed by atoms with E-state index in [1.54, 1.807) is 14.0 Å². The highest BCUT2D eigenvalue weighted by Crippen LogP contribution is 2.15. The van der Waals surface area contributed by atoms with Crippen molar-refractivity contribution in [2.45, 2.75) is 45.9 Å². The van der Waals surface area contributed by atoms with Crippen LogP contribution < -0.4 is 4.74 Å². The third-order valence-corrected chi connectivity index (χ3v) is 3.36. The molecule has 0 saturated heterocycles. The Morgan fingerprint density at radius 3 is 2.29 bits per heavy atom. The minimum Gasteiger partial charge on any atom is -0.497 e. The van der Waals surface area contributed by atoms with Crippen LogP contribution in [0.2, 0.25) is 0 Å². The summed E-state index contributed by atoms with van der Waals surface area (Å²) >= 11 is 0. The van der Waals surface area contributed by atoms with Gasteiger partial charge in [0.2, 0.25) is 0 Å². The Bertz CT molecular complexity index is 543. The maximum absolute atomic E-state index is 12.1. The normalized spacial score (nSPS) is 12.8. The van der Waals surface area contributed by atoms with Gasteiger partial charge in [-0.1, -0.05) is 18.7 Å². The average molecular weight is 335 g/mol. The molecule has 134 valence electrons. The van der Waals surface area contributed by atoms with E-state index in [9.17, 15) is 9.90 Å². The molecule has 0 fully saturated rings. The van der Waals surface area contributed by atoms with Crippen molar-refractivity contribution in [3.05, 3.63) is 42.0 Å². The highest BCUT2D eigenvalue weighted by atomic mass is 16.6. The van der Waals surface area contributed by atoms with Gasteiger partial charge in [-0.2, -0.15) is 0 Å². The largest absolute Gasteiger partial charge is 0.497 e. The van der Waals surface area contributed by atoms with Gasteiger partial charge in [0.1, 0.15) is 11.4 Å². The van der Waals surface area contributed by atoms with Gasteiger partial charge in [-0.05, 0) is 51.0 Å². The molecule has 0 aliphatic carbocycles. The Labute approximate surface area is 144 Å². The maximum atomic E-state index is 12.1. The van der Waals surface area contributed by atoms with Gasteiger partial charge in [-0.25, -0.2) is 0 Å². The minimum atomic E-state index is -0.623. The fourth-order valence-electron chi connectivity index (χ4n) is 2.13. The molecule has 0 heterocycles. The van der Waals surface area contributed by atoms with E-state index in [-0.39, 0.29) is 12.5 Å². The first kappa shape index (κ1) is 20.2. The van der Waals surface area contributed by atoms with Crippen molar-refractivity contribution in [1.82, 2.24) is 4.90 Å². The van der Waals surface area contributed by atoms with Crippen molar-refractivity contribution in [1.29, 1.82) is 0 Å². The van der Waals surface area contributed by atoms with Crippen LogP contribution in [-0.2, 0) is 16.1 Å². The van der Waals surface area contributed by atoms with Crippen LogP contribution in [0.25, 0.3) is 0 Å². The van der Waals surface area contributed by atoms with Crippen LogP contribution in [0, 0.1) is 0 Å². The number of carbonyl (C=O) groups excluding carboxylic acids is 1. The summed E-state index contributed by atoms with van der Waals surface area (Å²) in [5.74, 6) is 0.486. The zero-order chi connectivity index (χ0) is 18.3. The van der Waals surface area contributed by atoms with Crippen LogP contribution in [0.3, 0.4) is 0 Å². The Hall–Kier alpha value is -1.85. The third-order valence-electron chi connectivity index (χ3n) is 3.36. The predicted octanol–water partition coefficient (Wildman–Crippen LogP) is 2.78. The first-order valence-corrected chi connectivity index (χ1v) is 8.03. The number of hydrogen-bond acceptors (Lipinski definition) is 5. The standard InChI is InChI=1S/C19H29NO4/c1-14(15(2)21)11-20(13-18(22)24-19(3,4)5)12-16-7-9-17(23-6)10-8-16/h7-10,15,21H,1,11-13H2,2-6H3/t15-/m0/s1. The molecule has 5 nitrogen and oxygen atoms in total. The number of rotatable bonds is 8. The summed E-state index contributed by atoms with van der Waals surface area (Å²) in [5, 5.41) is 9.67. The summed E-state index contributed by atoms with van der Waals surface area (Å²) in [6.45, 7) is 12.2. The first-order chi connectivity index (χ1) is 11.1. The quantitative estimate of drug-likeness (QED) is 0.585. The molecule has 0 bridgehead atoms. The number of esters is 1. The molecular formula is C19H29NO4. The molecule has 1 atom stereocenters. The molecule has 0 spiro atoms. The fraction of sp³-hybridized carbons (Fsp3) is 0.526. The summed E-state index contributed by atoms with van der Waals surface area (Å²) in [4.78, 5) is 14.0. The second kappa shape index (κ2) is 8.85. The fourth-order valence-corrected chi connectivity index (χ4v) is 2.13. The number of aliphatic hydroxyl groups excluding tert-OH is 1. The molecule has 24 heavy (non-hydrogen) atoms. The van der Waals surface area contributed by atoms with Gasteiger partial charge in [0.05, 0.1) is 19.8 Å². The van der Waals surface area contributed by atoms with Crippen LogP contribution in [0.15, 0.2) is 36.4 Å². The van der Waals surface area contributed by atoms with E-state index in [1.165, 1.54) is 0 Å². The number of carbonyl (C=O) groups is 1. The molecule has 0 amide bonds. The first-order valence-electron chi connectivity index (χ1n) is 8.03. The van der Waals surface area contributed by atoms with E-state index in [4.69, 9.17) is 9.47 Å². The zero-order valence-electron chi connectivity index (χ0n) is 15.3. The van der Waals surface area contributed by atoms with Gasteiger partial charge in [0.15, 0.2) is 0 Å². The van der Waals surface area contributed by atoms with Gasteiger partial charge < -0.3 is 14.6 Å². The summed E-state index contributed by atoms with van der Waals surface area (Å²) < 4.78 is 10.5. The number of benzene rings is 1. The number of nitrogens with zero attached hydrogens (tertiary/aromatic N) is 1. The molecule has 0 saturated carbocycles. The summed E-state index contributed by atoms with van der Waals surface area (Å²) in [6.07, 6.45) is -0.623. The van der Waals surface area contributed by atoms with Gasteiger partial charge in [0.25, 0.3) is 0 Å². The Morgan fingerprint density at radius 2 is 1.83 bits per heavy atom. The lowest BCUT2D eigenvalue weighted by molar-refractivity contribution is -0.156. The molecule has 5 heteroatoms. The lowest BCUT2D eigenvalue weighted by Gasteiger charge is -2.26. The summed E-state index contributed by atoms with van der Waals surface area (Å²) in [5.41, 5.74) is 1.18. The SMILES string of the molecule is C=C(CN(CC(=O)OC(C)(C)C)Cc1ccc(OC)cc1)[C@H](C)O. The van der Waals surface area contributed by atoms with Gasteiger partial charge in [0, 0.05) is 13.1 Å². The number of ether oxygens (including phenoxy) is 2. The smallest absolute Gasteiger partial charge is 0.320 e. The molecular weight excluding hydrogens is 306 g/mol. The van der Waals surface area contributed by atoms with Crippen molar-refractivity contribution >= 4 is 5.97 Å². The molecule has 1 rings (SSSR count). The molecule has 0 unspecified atom stereocenters. The Morgan fingerprint density at radius 1 is 1.25 bits per heavy atom. The van der Waals surface area contributed by atoms with Gasteiger partial charge in [-0.15, -0.1) is 0 Å². The molecule has 1 aromatic rings. The summed E-state index contributed by atoms with van der Waals surface area (Å²) in [6, 6.07) is 7.66. The molecule has 1 N–H and O–H groups in total. The second-order valence-corrected chi connectivity index (χ2v) is 6.91. The molecule has 0 aliphatic heterocycles. The van der Waals surface area contributed by atoms with Crippen LogP contribution in [0.5, 0.6) is 5.75 Å². The van der Waals surface area contributed by atoms with E-state index >= 15 is 0 Å². The molecule has 0 radical (unpaired) electrons. The van der Waals surface area contributed by atoms with E-state index in [0.717, 1.165) is 11.3 Å². The van der Waals surface area contributed by atoms with Crippen molar-refractivity contribution in [3.63, 3.8) is 0 Å². The second-order valence-electron chi connectivity index (χ2n) is 6.91. The number of hydrogen-bond donors (Lipinski definition) is 1. The predicted molar refractivity (Wildman–Crippen MR) is 94.9 cm³/mol. The average Bonchev–Trinajstić information content (AvgIpc) is 2.45. The van der Waals surface area contributed by atoms with E-state index < -0.39 is 11.7 Å². The van der Waals surface area contributed by atoms with Crippen molar-refractivity contribution in [2.24, 2.45) is 0 Å². The van der Waals surface area contributed by atoms with E-state index in [2.05, 4.69) is 6.58 Å². The van der Waals surface area contributed by atoms with E-state index in [0.29, 0.717) is 18.7 Å². The molecule has 0 aromatic heterocycles. The minimum absolute atomic E-state index is 0.134. The van der Waals surface area contributed by atoms with Crippen LogP contribution >= 0.6 is 0 Å². The van der Waals surface area contributed by atoms with Crippen LogP contribution in [0.1, 0.15) is 33.3 Å². The Balaban J connectivity index is 2.79. The molecule has 1 aromatic carbocycles. The highest BCUT2D eigenvalue weighted by Gasteiger charge is 2.20. The summed E-state index contributed by atoms with van der Waals surface area (Å²) in [7, 11) is 1.62. The van der Waals surface area contributed by atoms with Crippen molar-refractivity contribution in [2.75, 3.05) is 20.2 Å². The van der Waals surface area contributed by atoms with Gasteiger partial charge >= 0.3 is 5.97 Å². The number of methoxy groups -OCH3 is 1. The van der Waals surface area contributed by atoms with E-state index in [1.807, 2.05) is 49.9 Å². The van der Waals surface area contributed by atoms with Crippen molar-refractivity contribution in [3.8, 4) is 5.75 Å². The zero-order valence-corrected chi connectivity index (χ0v) is 15.3. The lowest BCUT2D eigenvalue weighted by Crippen LogP contribution is -2.36. The highest BCUT2D eigenvalue weighted by molar-refractivity contribution is 5.72. The van der Waals surface area contributed by atoms with Crippen LogP contribution in [-0.4, -0.2) is 47.9 Å². The van der Waals surface area contributed by atoms with Gasteiger partial charge in [-0.3, -0.25) is 9.69 Å². The number of aliphatic hydroxyl groups is 1. The topological polar surface area (TPSA) is 59.0 Å². The monoisotopic (exact) mass is 335 g/mol. The van der Waals surface area contributed by atoms with Crippen molar-refractivity contribution < 1.29 is 19.4 Å². The maximum Gasteiger partial charge on any atom is 0.320 e. The lowest BCUT2D eigenvalue weighted by atomic mass is 10.1.